The molecule has 0 atom stereocenters. The van der Waals surface area contributed by atoms with Crippen LogP contribution in [0.3, 0.4) is 0 Å². The molecule has 1 aliphatic rings. The Labute approximate surface area is 148 Å². The van der Waals surface area contributed by atoms with Crippen LogP contribution < -0.4 is 21.3 Å². The smallest absolute Gasteiger partial charge is 0.292 e. The van der Waals surface area contributed by atoms with Crippen molar-refractivity contribution in [1.82, 2.24) is 0 Å². The first-order valence-electron chi connectivity index (χ1n) is 7.94. The molecular formula is C16H18N6O4. The predicted octanol–water partition coefficient (Wildman–Crippen LogP) is 1.99. The zero-order valence-electron chi connectivity index (χ0n) is 13.9. The number of nitro benzene ring substituents is 2. The molecule has 0 aliphatic carbocycles. The topological polar surface area (TPSA) is 145 Å². The molecule has 0 bridgehead atoms. The van der Waals surface area contributed by atoms with Gasteiger partial charge in [0.15, 0.2) is 0 Å². The van der Waals surface area contributed by atoms with E-state index in [1.807, 2.05) is 0 Å². The number of nitrogens with zero attached hydrogens (tertiary/aromatic N) is 4. The fraction of sp³-hybridized carbons (Fsp3) is 0.250. The van der Waals surface area contributed by atoms with Crippen molar-refractivity contribution in [3.8, 4) is 0 Å². The Morgan fingerprint density at radius 2 is 1.08 bits per heavy atom. The van der Waals surface area contributed by atoms with E-state index in [1.165, 1.54) is 12.1 Å². The van der Waals surface area contributed by atoms with Crippen LogP contribution in [0.5, 0.6) is 0 Å². The molecule has 10 nitrogen and oxygen atoms in total. The first kappa shape index (κ1) is 17.3. The fourth-order valence-electron chi connectivity index (χ4n) is 3.03. The summed E-state index contributed by atoms with van der Waals surface area (Å²) < 4.78 is 0. The molecule has 10 heteroatoms. The summed E-state index contributed by atoms with van der Waals surface area (Å²) in [6, 6.07) is 9.42. The number of anilines is 4. The number of nitrogen functional groups attached to an aromatic ring is 2. The highest BCUT2D eigenvalue weighted by Gasteiger charge is 2.21. The molecule has 0 unspecified atom stereocenters. The molecule has 0 amide bonds. The molecule has 0 spiro atoms. The Morgan fingerprint density at radius 1 is 0.731 bits per heavy atom. The van der Waals surface area contributed by atoms with Gasteiger partial charge in [0.05, 0.1) is 9.85 Å². The maximum atomic E-state index is 10.9. The third-order valence-electron chi connectivity index (χ3n) is 4.43. The minimum Gasteiger partial charge on any atom is -0.393 e. The monoisotopic (exact) mass is 358 g/mol. The van der Waals surface area contributed by atoms with E-state index in [9.17, 15) is 20.2 Å². The van der Waals surface area contributed by atoms with Crippen molar-refractivity contribution in [3.05, 3.63) is 56.6 Å². The second-order valence-electron chi connectivity index (χ2n) is 5.97. The molecule has 3 rings (SSSR count). The van der Waals surface area contributed by atoms with Gasteiger partial charge in [-0.05, 0) is 24.3 Å². The number of piperazine rings is 1. The van der Waals surface area contributed by atoms with E-state index in [0.29, 0.717) is 26.2 Å². The molecule has 1 saturated heterocycles. The van der Waals surface area contributed by atoms with Gasteiger partial charge in [-0.15, -0.1) is 0 Å². The normalized spacial score (nSPS) is 14.3. The number of hydrogen-bond donors (Lipinski definition) is 2. The van der Waals surface area contributed by atoms with Gasteiger partial charge in [0.25, 0.3) is 11.4 Å². The van der Waals surface area contributed by atoms with Crippen molar-refractivity contribution >= 4 is 34.1 Å². The first-order chi connectivity index (χ1) is 12.4. The van der Waals surface area contributed by atoms with E-state index in [-0.39, 0.29) is 22.7 Å². The highest BCUT2D eigenvalue weighted by atomic mass is 16.6. The number of rotatable bonds is 4. The number of nitro groups is 2. The molecule has 136 valence electrons. The maximum absolute atomic E-state index is 10.9. The summed E-state index contributed by atoms with van der Waals surface area (Å²) in [5.41, 5.74) is 13.2. The third-order valence-corrected chi connectivity index (χ3v) is 4.43. The zero-order chi connectivity index (χ0) is 18.8. The lowest BCUT2D eigenvalue weighted by Crippen LogP contribution is -2.46. The molecule has 4 N–H and O–H groups in total. The molecule has 26 heavy (non-hydrogen) atoms. The highest BCUT2D eigenvalue weighted by Crippen LogP contribution is 2.30. The Morgan fingerprint density at radius 3 is 1.35 bits per heavy atom. The van der Waals surface area contributed by atoms with E-state index < -0.39 is 9.85 Å². The van der Waals surface area contributed by atoms with Crippen LogP contribution in [0.4, 0.5) is 34.1 Å². The second-order valence-corrected chi connectivity index (χ2v) is 5.97. The van der Waals surface area contributed by atoms with Crippen LogP contribution in [-0.2, 0) is 0 Å². The Balaban J connectivity index is 1.69. The van der Waals surface area contributed by atoms with Crippen LogP contribution in [0.15, 0.2) is 36.4 Å². The van der Waals surface area contributed by atoms with E-state index in [4.69, 9.17) is 11.5 Å². The van der Waals surface area contributed by atoms with Crippen LogP contribution >= 0.6 is 0 Å². The highest BCUT2D eigenvalue weighted by molar-refractivity contribution is 5.68. The summed E-state index contributed by atoms with van der Waals surface area (Å²) in [4.78, 5) is 24.9. The Hall–Kier alpha value is -3.56. The fourth-order valence-corrected chi connectivity index (χ4v) is 3.03. The summed E-state index contributed by atoms with van der Waals surface area (Å²) in [5, 5.41) is 21.7. The minimum atomic E-state index is -0.504. The summed E-state index contributed by atoms with van der Waals surface area (Å²) in [7, 11) is 0. The molecule has 2 aromatic rings. The number of hydrogen-bond acceptors (Lipinski definition) is 8. The van der Waals surface area contributed by atoms with Crippen molar-refractivity contribution in [3.63, 3.8) is 0 Å². The molecule has 0 saturated carbocycles. The van der Waals surface area contributed by atoms with Crippen LogP contribution in [0.1, 0.15) is 0 Å². The van der Waals surface area contributed by atoms with Gasteiger partial charge in [-0.25, -0.2) is 0 Å². The molecular weight excluding hydrogens is 340 g/mol. The van der Waals surface area contributed by atoms with Crippen molar-refractivity contribution < 1.29 is 9.85 Å². The summed E-state index contributed by atoms with van der Waals surface area (Å²) >= 11 is 0. The van der Waals surface area contributed by atoms with Crippen molar-refractivity contribution in [2.75, 3.05) is 47.4 Å². The summed E-state index contributed by atoms with van der Waals surface area (Å²) in [6.45, 7) is 2.75. The van der Waals surface area contributed by atoms with Gasteiger partial charge in [-0.2, -0.15) is 0 Å². The summed E-state index contributed by atoms with van der Waals surface area (Å²) in [6.07, 6.45) is 0. The molecule has 1 aliphatic heterocycles. The maximum Gasteiger partial charge on any atom is 0.292 e. The van der Waals surface area contributed by atoms with Gasteiger partial charge in [-0.3, -0.25) is 20.2 Å². The van der Waals surface area contributed by atoms with Crippen LogP contribution in [-0.4, -0.2) is 36.0 Å². The summed E-state index contributed by atoms with van der Waals surface area (Å²) in [5.74, 6) is 0. The standard InChI is InChI=1S/C16H18N6O4/c17-13-9-11(1-3-15(13)21(23)24)19-5-7-20(8-6-19)12-2-4-16(22(25)26)14(18)10-12/h1-4,9-10H,5-8,17-18H2. The lowest BCUT2D eigenvalue weighted by molar-refractivity contribution is -0.384. The molecule has 1 heterocycles. The SMILES string of the molecule is Nc1cc(N2CCN(c3ccc([N+](=O)[O-])c(N)c3)CC2)ccc1[N+](=O)[O-]. The van der Waals surface area contributed by atoms with Gasteiger partial charge in [0.2, 0.25) is 0 Å². The molecule has 0 aromatic heterocycles. The van der Waals surface area contributed by atoms with Crippen molar-refractivity contribution in [2.24, 2.45) is 0 Å². The van der Waals surface area contributed by atoms with E-state index in [2.05, 4.69) is 9.80 Å². The first-order valence-corrected chi connectivity index (χ1v) is 7.94. The predicted molar refractivity (Wildman–Crippen MR) is 99.4 cm³/mol. The molecule has 1 fully saturated rings. The lowest BCUT2D eigenvalue weighted by atomic mass is 10.2. The largest absolute Gasteiger partial charge is 0.393 e. The van der Waals surface area contributed by atoms with Gasteiger partial charge >= 0.3 is 0 Å². The van der Waals surface area contributed by atoms with Crippen LogP contribution in [0, 0.1) is 20.2 Å². The minimum absolute atomic E-state index is 0.103. The lowest BCUT2D eigenvalue weighted by Gasteiger charge is -2.37. The van der Waals surface area contributed by atoms with Crippen LogP contribution in [0.25, 0.3) is 0 Å². The number of nitrogens with two attached hydrogens (primary N) is 2. The van der Waals surface area contributed by atoms with Gasteiger partial charge in [0.1, 0.15) is 11.4 Å². The van der Waals surface area contributed by atoms with Gasteiger partial charge < -0.3 is 21.3 Å². The Bertz CT molecular complexity index is 792. The average molecular weight is 358 g/mol. The van der Waals surface area contributed by atoms with Gasteiger partial charge in [-0.1, -0.05) is 0 Å². The van der Waals surface area contributed by atoms with E-state index in [0.717, 1.165) is 11.4 Å². The average Bonchev–Trinajstić information content (AvgIpc) is 2.61. The quantitative estimate of drug-likeness (QED) is 0.479. The van der Waals surface area contributed by atoms with Crippen molar-refractivity contribution in [2.45, 2.75) is 0 Å². The van der Waals surface area contributed by atoms with E-state index in [1.54, 1.807) is 24.3 Å². The van der Waals surface area contributed by atoms with Crippen LogP contribution in [0.2, 0.25) is 0 Å². The third kappa shape index (κ3) is 3.29. The van der Waals surface area contributed by atoms with Crippen molar-refractivity contribution in [1.29, 1.82) is 0 Å². The zero-order valence-corrected chi connectivity index (χ0v) is 13.9. The van der Waals surface area contributed by atoms with Gasteiger partial charge in [0, 0.05) is 49.7 Å². The number of benzene rings is 2. The van der Waals surface area contributed by atoms with E-state index >= 15 is 0 Å². The molecule has 2 aromatic carbocycles. The Kier molecular flexibility index (Phi) is 4.48. The second kappa shape index (κ2) is 6.75. The molecule has 0 radical (unpaired) electrons.